The maximum atomic E-state index is 13.0. The van der Waals surface area contributed by atoms with Crippen molar-refractivity contribution in [3.05, 3.63) is 30.1 Å². The van der Waals surface area contributed by atoms with Crippen LogP contribution in [0.2, 0.25) is 0 Å². The molecule has 98 valence electrons. The minimum atomic E-state index is -3.89. The first-order valence-electron chi connectivity index (χ1n) is 5.60. The average Bonchev–Trinajstić information content (AvgIpc) is 2.36. The Morgan fingerprint density at radius 2 is 2.00 bits per heavy atom. The third kappa shape index (κ3) is 3.06. The number of nitrogens with one attached hydrogen (secondary N) is 1. The molecule has 0 unspecified atom stereocenters. The molecule has 0 radical (unpaired) electrons. The summed E-state index contributed by atoms with van der Waals surface area (Å²) in [5, 5.41) is 9.09. The molecule has 4 nitrogen and oxygen atoms in total. The molecule has 1 aromatic carbocycles. The average molecular weight is 270 g/mol. The molecule has 1 aromatic rings. The first-order chi connectivity index (χ1) is 8.39. The number of sulfonamides is 1. The van der Waals surface area contributed by atoms with Crippen LogP contribution in [0.4, 0.5) is 4.39 Å². The lowest BCUT2D eigenvalue weighted by atomic mass is 9.97. The fourth-order valence-corrected chi connectivity index (χ4v) is 3.02. The van der Waals surface area contributed by atoms with Crippen LogP contribution >= 0.6 is 0 Å². The number of nitriles is 1. The Balaban J connectivity index is 3.13. The van der Waals surface area contributed by atoms with Crippen LogP contribution in [-0.4, -0.2) is 14.0 Å². The molecule has 0 aromatic heterocycles. The van der Waals surface area contributed by atoms with Gasteiger partial charge in [-0.1, -0.05) is 19.9 Å². The molecule has 0 spiro atoms. The van der Waals surface area contributed by atoms with E-state index in [-0.39, 0.29) is 4.90 Å². The molecular formula is C12H15FN2O2S. The number of halogens is 1. The zero-order valence-corrected chi connectivity index (χ0v) is 11.1. The van der Waals surface area contributed by atoms with Gasteiger partial charge in [0.2, 0.25) is 10.0 Å². The number of hydrogen-bond donors (Lipinski definition) is 1. The highest BCUT2D eigenvalue weighted by Crippen LogP contribution is 2.19. The third-order valence-corrected chi connectivity index (χ3v) is 4.39. The van der Waals surface area contributed by atoms with E-state index in [1.54, 1.807) is 13.8 Å². The first-order valence-corrected chi connectivity index (χ1v) is 7.08. The van der Waals surface area contributed by atoms with Gasteiger partial charge in [-0.25, -0.2) is 12.8 Å². The van der Waals surface area contributed by atoms with Crippen molar-refractivity contribution in [2.75, 3.05) is 0 Å². The number of benzene rings is 1. The molecule has 1 rings (SSSR count). The van der Waals surface area contributed by atoms with Gasteiger partial charge in [-0.2, -0.15) is 9.98 Å². The minimum Gasteiger partial charge on any atom is -0.207 e. The van der Waals surface area contributed by atoms with Gasteiger partial charge in [0.1, 0.15) is 11.4 Å². The van der Waals surface area contributed by atoms with Crippen molar-refractivity contribution in [3.8, 4) is 6.07 Å². The highest BCUT2D eigenvalue weighted by molar-refractivity contribution is 7.89. The summed E-state index contributed by atoms with van der Waals surface area (Å²) in [6.07, 6.45) is 0.684. The van der Waals surface area contributed by atoms with Crippen molar-refractivity contribution in [1.82, 2.24) is 4.72 Å². The van der Waals surface area contributed by atoms with Crippen molar-refractivity contribution in [3.63, 3.8) is 0 Å². The molecule has 0 aliphatic heterocycles. The maximum Gasteiger partial charge on any atom is 0.242 e. The smallest absolute Gasteiger partial charge is 0.207 e. The Morgan fingerprint density at radius 3 is 2.44 bits per heavy atom. The molecule has 0 fully saturated rings. The van der Waals surface area contributed by atoms with Crippen LogP contribution < -0.4 is 4.72 Å². The highest BCUT2D eigenvalue weighted by atomic mass is 32.2. The van der Waals surface area contributed by atoms with E-state index in [1.165, 1.54) is 12.1 Å². The summed E-state index contributed by atoms with van der Waals surface area (Å²) >= 11 is 0. The van der Waals surface area contributed by atoms with E-state index < -0.39 is 21.4 Å². The molecule has 0 bridgehead atoms. The van der Waals surface area contributed by atoms with Crippen molar-refractivity contribution >= 4 is 10.0 Å². The molecule has 0 amide bonds. The summed E-state index contributed by atoms with van der Waals surface area (Å²) in [6, 6.07) is 6.67. The molecule has 6 heteroatoms. The van der Waals surface area contributed by atoms with E-state index in [1.807, 2.05) is 6.07 Å². The fourth-order valence-electron chi connectivity index (χ4n) is 1.53. The van der Waals surface area contributed by atoms with E-state index in [9.17, 15) is 12.8 Å². The van der Waals surface area contributed by atoms with Crippen molar-refractivity contribution < 1.29 is 12.8 Å². The zero-order valence-electron chi connectivity index (χ0n) is 10.3. The normalized spacial score (nSPS) is 12.1. The third-order valence-electron chi connectivity index (χ3n) is 2.86. The van der Waals surface area contributed by atoms with Gasteiger partial charge in [-0.3, -0.25) is 0 Å². The summed E-state index contributed by atoms with van der Waals surface area (Å²) < 4.78 is 39.5. The maximum absolute atomic E-state index is 13.0. The monoisotopic (exact) mass is 270 g/mol. The number of rotatable bonds is 5. The Morgan fingerprint density at radius 1 is 1.39 bits per heavy atom. The molecule has 0 aliphatic carbocycles. The largest absolute Gasteiger partial charge is 0.242 e. The Bertz CT molecular complexity index is 560. The first kappa shape index (κ1) is 14.6. The van der Waals surface area contributed by atoms with Crippen LogP contribution in [0, 0.1) is 17.1 Å². The summed E-state index contributed by atoms with van der Waals surface area (Å²) in [5.74, 6) is -0.631. The molecule has 0 atom stereocenters. The van der Waals surface area contributed by atoms with Gasteiger partial charge in [0, 0.05) is 0 Å². The van der Waals surface area contributed by atoms with Crippen LogP contribution in [0.25, 0.3) is 0 Å². The molecule has 0 saturated heterocycles. The second-order valence-electron chi connectivity index (χ2n) is 3.96. The Hall–Kier alpha value is -1.45. The van der Waals surface area contributed by atoms with Gasteiger partial charge in [0.25, 0.3) is 0 Å². The summed E-state index contributed by atoms with van der Waals surface area (Å²) in [4.78, 5) is -0.177. The Labute approximate surface area is 106 Å². The highest BCUT2D eigenvalue weighted by Gasteiger charge is 2.32. The fraction of sp³-hybridized carbons (Fsp3) is 0.417. The lowest BCUT2D eigenvalue weighted by molar-refractivity contribution is 0.446. The zero-order chi connectivity index (χ0) is 13.8. The van der Waals surface area contributed by atoms with Gasteiger partial charge in [0.15, 0.2) is 0 Å². The summed E-state index contributed by atoms with van der Waals surface area (Å²) in [7, 11) is -3.89. The van der Waals surface area contributed by atoms with Crippen LogP contribution in [0.1, 0.15) is 26.7 Å². The van der Waals surface area contributed by atoms with E-state index in [2.05, 4.69) is 4.72 Å². The van der Waals surface area contributed by atoms with E-state index in [0.717, 1.165) is 12.1 Å². The SMILES string of the molecule is CCC(C#N)(CC)NS(=O)(=O)c1cccc(F)c1. The van der Waals surface area contributed by atoms with Gasteiger partial charge in [0.05, 0.1) is 11.0 Å². The van der Waals surface area contributed by atoms with E-state index in [0.29, 0.717) is 12.8 Å². The van der Waals surface area contributed by atoms with Crippen LogP contribution in [0.5, 0.6) is 0 Å². The summed E-state index contributed by atoms with van der Waals surface area (Å²) in [5.41, 5.74) is -1.15. The number of hydrogen-bond acceptors (Lipinski definition) is 3. The number of nitrogens with zero attached hydrogens (tertiary/aromatic N) is 1. The second kappa shape index (κ2) is 5.46. The second-order valence-corrected chi connectivity index (χ2v) is 5.65. The predicted octanol–water partition coefficient (Wildman–Crippen LogP) is 2.19. The lowest BCUT2D eigenvalue weighted by Crippen LogP contribution is -2.46. The predicted molar refractivity (Wildman–Crippen MR) is 65.6 cm³/mol. The van der Waals surface area contributed by atoms with Crippen LogP contribution in [0.15, 0.2) is 29.2 Å². The molecule has 0 saturated carbocycles. The standard InChI is InChI=1S/C12H15FN2O2S/c1-3-12(4-2,9-14)15-18(16,17)11-7-5-6-10(13)8-11/h5-8,15H,3-4H2,1-2H3. The van der Waals surface area contributed by atoms with Crippen molar-refractivity contribution in [1.29, 1.82) is 5.26 Å². The van der Waals surface area contributed by atoms with Gasteiger partial charge >= 0.3 is 0 Å². The van der Waals surface area contributed by atoms with Crippen LogP contribution in [-0.2, 0) is 10.0 Å². The van der Waals surface area contributed by atoms with E-state index in [4.69, 9.17) is 5.26 Å². The molecule has 18 heavy (non-hydrogen) atoms. The van der Waals surface area contributed by atoms with Crippen LogP contribution in [0.3, 0.4) is 0 Å². The van der Waals surface area contributed by atoms with Gasteiger partial charge in [-0.05, 0) is 31.0 Å². The molecule has 0 aliphatic rings. The summed E-state index contributed by atoms with van der Waals surface area (Å²) in [6.45, 7) is 3.45. The Kier molecular flexibility index (Phi) is 4.43. The van der Waals surface area contributed by atoms with Crippen molar-refractivity contribution in [2.45, 2.75) is 37.1 Å². The van der Waals surface area contributed by atoms with Crippen molar-refractivity contribution in [2.24, 2.45) is 0 Å². The lowest BCUT2D eigenvalue weighted by Gasteiger charge is -2.24. The van der Waals surface area contributed by atoms with Gasteiger partial charge < -0.3 is 0 Å². The van der Waals surface area contributed by atoms with E-state index >= 15 is 0 Å². The topological polar surface area (TPSA) is 70.0 Å². The molecule has 0 heterocycles. The minimum absolute atomic E-state index is 0.177. The molecule has 1 N–H and O–H groups in total. The van der Waals surface area contributed by atoms with Gasteiger partial charge in [-0.15, -0.1) is 0 Å². The quantitative estimate of drug-likeness (QED) is 0.891. The molecular weight excluding hydrogens is 255 g/mol.